The van der Waals surface area contributed by atoms with Crippen molar-refractivity contribution < 1.29 is 45.0 Å². The third-order valence-corrected chi connectivity index (χ3v) is 7.19. The highest BCUT2D eigenvalue weighted by atomic mass is 32.2. The number of sulfonamides is 1. The van der Waals surface area contributed by atoms with Crippen LogP contribution in [0.15, 0.2) is 35.6 Å². The monoisotopic (exact) mass is 547 g/mol. The summed E-state index contributed by atoms with van der Waals surface area (Å²) in [7, 11) is -1.93. The van der Waals surface area contributed by atoms with Gasteiger partial charge in [-0.05, 0) is 30.7 Å². The van der Waals surface area contributed by atoms with Crippen molar-refractivity contribution in [3.63, 3.8) is 0 Å². The second kappa shape index (κ2) is 11.3. The first-order chi connectivity index (χ1) is 17.4. The van der Waals surface area contributed by atoms with Gasteiger partial charge in [0, 0.05) is 44.7 Å². The van der Waals surface area contributed by atoms with E-state index in [1.165, 1.54) is 25.3 Å². The molecule has 2 heterocycles. The van der Waals surface area contributed by atoms with Crippen LogP contribution in [0.5, 0.6) is 0 Å². The number of aromatic nitrogens is 1. The molecule has 1 aromatic carbocycles. The Kier molecular flexibility index (Phi) is 8.64. The number of benzene rings is 1. The van der Waals surface area contributed by atoms with Gasteiger partial charge < -0.3 is 18.9 Å². The van der Waals surface area contributed by atoms with Gasteiger partial charge in [0.15, 0.2) is 29.1 Å². The molecule has 1 aromatic heterocycles. The molecule has 0 bridgehead atoms. The largest absolute Gasteiger partial charge is 0.505 e. The molecule has 1 aliphatic heterocycles. The molecule has 1 N–H and O–H groups in total. The second-order valence-corrected chi connectivity index (χ2v) is 9.98. The first-order valence-electron chi connectivity index (χ1n) is 11.0. The number of halogens is 4. The molecule has 2 atom stereocenters. The lowest BCUT2D eigenvalue weighted by molar-refractivity contribution is 0.0980. The average molecular weight is 548 g/mol. The Labute approximate surface area is 210 Å². The quantitative estimate of drug-likeness (QED) is 0.224. The number of aryl methyl sites for hydroxylation is 1. The van der Waals surface area contributed by atoms with Crippen LogP contribution >= 0.6 is 0 Å². The van der Waals surface area contributed by atoms with Gasteiger partial charge >= 0.3 is 6.09 Å². The third kappa shape index (κ3) is 6.13. The lowest BCUT2D eigenvalue weighted by atomic mass is 10.1. The van der Waals surface area contributed by atoms with E-state index in [1.807, 2.05) is 0 Å². The highest BCUT2D eigenvalue weighted by Gasteiger charge is 2.39. The van der Waals surface area contributed by atoms with E-state index in [0.29, 0.717) is 12.1 Å². The fraction of sp³-hybridized carbons (Fsp3) is 0.391. The summed E-state index contributed by atoms with van der Waals surface area (Å²) in [6.07, 6.45) is 2.39. The minimum atomic E-state index is -4.54. The van der Waals surface area contributed by atoms with Crippen LogP contribution in [0.25, 0.3) is 0 Å². The SMILES string of the molecule is CCOC(=O)N1CC(/C=C/OC)C(NS(=O)(=O)c2cn(C)c(C(=O)Cc3cc(F)c(F)c(F)c3)c2F)C1. The van der Waals surface area contributed by atoms with E-state index >= 15 is 4.39 Å². The molecule has 1 amide bonds. The predicted octanol–water partition coefficient (Wildman–Crippen LogP) is 2.90. The summed E-state index contributed by atoms with van der Waals surface area (Å²) >= 11 is 0. The molecular formula is C23H25F4N3O6S. The summed E-state index contributed by atoms with van der Waals surface area (Å²) in [5.41, 5.74) is -0.914. The molecule has 0 radical (unpaired) electrons. The molecule has 37 heavy (non-hydrogen) atoms. The summed E-state index contributed by atoms with van der Waals surface area (Å²) in [6, 6.07) is 0.323. The van der Waals surface area contributed by atoms with E-state index in [0.717, 1.165) is 10.8 Å². The number of likely N-dealkylation sites (tertiary alicyclic amines) is 1. The molecular weight excluding hydrogens is 522 g/mol. The van der Waals surface area contributed by atoms with Gasteiger partial charge in [-0.1, -0.05) is 0 Å². The Morgan fingerprint density at radius 2 is 1.78 bits per heavy atom. The molecule has 2 unspecified atom stereocenters. The van der Waals surface area contributed by atoms with Crippen molar-refractivity contribution in [1.82, 2.24) is 14.2 Å². The van der Waals surface area contributed by atoms with Crippen LogP contribution in [-0.4, -0.2) is 62.6 Å². The molecule has 1 aliphatic rings. The topological polar surface area (TPSA) is 107 Å². The van der Waals surface area contributed by atoms with Crippen molar-refractivity contribution in [2.75, 3.05) is 26.8 Å². The average Bonchev–Trinajstić information content (AvgIpc) is 3.35. The Hall–Kier alpha value is -3.39. The van der Waals surface area contributed by atoms with Crippen LogP contribution < -0.4 is 4.72 Å². The van der Waals surface area contributed by atoms with Crippen LogP contribution in [-0.2, 0) is 33.0 Å². The summed E-state index contributed by atoms with van der Waals surface area (Å²) in [5, 5.41) is 0. The number of methoxy groups -OCH3 is 1. The Bertz CT molecular complexity index is 1300. The first kappa shape index (κ1) is 28.2. The molecule has 1 fully saturated rings. The summed E-state index contributed by atoms with van der Waals surface area (Å²) in [5.74, 6) is -7.64. The standard InChI is InChI=1S/C23H25F4N3O6S/c1-4-36-23(32)30-10-14(5-6-35-3)17(11-30)28-37(33,34)19-12-29(2)22(21(19)27)18(31)9-13-7-15(24)20(26)16(25)8-13/h5-8,12,14,17,28H,4,9-11H2,1-3H3/b6-5+. The van der Waals surface area contributed by atoms with Crippen molar-refractivity contribution in [2.45, 2.75) is 24.3 Å². The Morgan fingerprint density at radius 3 is 2.38 bits per heavy atom. The highest BCUT2D eigenvalue weighted by molar-refractivity contribution is 7.89. The van der Waals surface area contributed by atoms with Gasteiger partial charge in [0.2, 0.25) is 10.0 Å². The zero-order chi connectivity index (χ0) is 27.5. The van der Waals surface area contributed by atoms with Crippen molar-refractivity contribution in [1.29, 1.82) is 0 Å². The molecule has 0 spiro atoms. The summed E-state index contributed by atoms with van der Waals surface area (Å²) < 4.78 is 94.8. The fourth-order valence-electron chi connectivity index (χ4n) is 4.01. The number of nitrogens with one attached hydrogen (secondary N) is 1. The number of rotatable bonds is 9. The molecule has 0 aliphatic carbocycles. The zero-order valence-electron chi connectivity index (χ0n) is 20.1. The first-order valence-corrected chi connectivity index (χ1v) is 12.5. The lowest BCUT2D eigenvalue weighted by Crippen LogP contribution is -2.41. The van der Waals surface area contributed by atoms with Crippen molar-refractivity contribution in [3.8, 4) is 0 Å². The zero-order valence-corrected chi connectivity index (χ0v) is 21.0. The van der Waals surface area contributed by atoms with Gasteiger partial charge in [-0.15, -0.1) is 0 Å². The lowest BCUT2D eigenvalue weighted by Gasteiger charge is -2.17. The highest BCUT2D eigenvalue weighted by Crippen LogP contribution is 2.26. The summed E-state index contributed by atoms with van der Waals surface area (Å²) in [4.78, 5) is 25.3. The van der Waals surface area contributed by atoms with Crippen LogP contribution in [0.1, 0.15) is 23.0 Å². The molecule has 9 nitrogen and oxygen atoms in total. The van der Waals surface area contributed by atoms with Crippen LogP contribution in [0, 0.1) is 29.2 Å². The van der Waals surface area contributed by atoms with Gasteiger partial charge in [0.25, 0.3) is 0 Å². The molecule has 3 rings (SSSR count). The van der Waals surface area contributed by atoms with E-state index in [1.54, 1.807) is 13.0 Å². The van der Waals surface area contributed by atoms with Crippen molar-refractivity contribution >= 4 is 21.9 Å². The normalized spacial score (nSPS) is 18.0. The van der Waals surface area contributed by atoms with Crippen molar-refractivity contribution in [2.24, 2.45) is 13.0 Å². The van der Waals surface area contributed by atoms with Crippen LogP contribution in [0.3, 0.4) is 0 Å². The summed E-state index contributed by atoms with van der Waals surface area (Å²) in [6.45, 7) is 1.78. The molecule has 0 saturated carbocycles. The number of nitrogens with zero attached hydrogens (tertiary/aromatic N) is 2. The van der Waals surface area contributed by atoms with Gasteiger partial charge in [-0.25, -0.2) is 35.5 Å². The second-order valence-electron chi connectivity index (χ2n) is 8.30. The van der Waals surface area contributed by atoms with E-state index in [2.05, 4.69) is 4.72 Å². The van der Waals surface area contributed by atoms with Gasteiger partial charge in [-0.2, -0.15) is 0 Å². The number of ketones is 1. The van der Waals surface area contributed by atoms with Crippen LogP contribution in [0.2, 0.25) is 0 Å². The molecule has 1 saturated heterocycles. The predicted molar refractivity (Wildman–Crippen MR) is 122 cm³/mol. The van der Waals surface area contributed by atoms with E-state index in [9.17, 15) is 31.2 Å². The molecule has 202 valence electrons. The van der Waals surface area contributed by atoms with Gasteiger partial charge in [0.05, 0.1) is 20.0 Å². The maximum atomic E-state index is 15.3. The van der Waals surface area contributed by atoms with E-state index in [4.69, 9.17) is 9.47 Å². The number of hydrogen-bond acceptors (Lipinski definition) is 6. The number of amides is 1. The van der Waals surface area contributed by atoms with E-state index in [-0.39, 0.29) is 25.3 Å². The minimum absolute atomic E-state index is 0.0707. The maximum Gasteiger partial charge on any atom is 0.409 e. The number of carbonyl (C=O) groups is 2. The van der Waals surface area contributed by atoms with Crippen molar-refractivity contribution in [3.05, 3.63) is 65.2 Å². The minimum Gasteiger partial charge on any atom is -0.505 e. The third-order valence-electron chi connectivity index (χ3n) is 5.71. The maximum absolute atomic E-state index is 15.3. The number of ether oxygens (including phenoxy) is 2. The fourth-order valence-corrected chi connectivity index (χ4v) is 5.41. The molecule has 2 aromatic rings. The van der Waals surface area contributed by atoms with E-state index < -0.39 is 74.1 Å². The van der Waals surface area contributed by atoms with Gasteiger partial charge in [-0.3, -0.25) is 4.79 Å². The number of Topliss-reactive ketones (excluding diaryl/α,β-unsaturated/α-hetero) is 1. The van der Waals surface area contributed by atoms with Crippen LogP contribution in [0.4, 0.5) is 22.4 Å². The van der Waals surface area contributed by atoms with Gasteiger partial charge in [0.1, 0.15) is 10.6 Å². The number of hydrogen-bond donors (Lipinski definition) is 1. The number of carbonyl (C=O) groups excluding carboxylic acids is 2. The Balaban J connectivity index is 1.85. The smallest absolute Gasteiger partial charge is 0.409 e. The molecule has 14 heteroatoms. The Morgan fingerprint density at radius 1 is 1.14 bits per heavy atom.